The number of hydrogen-bond acceptors (Lipinski definition) is 5. The van der Waals surface area contributed by atoms with Crippen LogP contribution in [0.15, 0.2) is 36.5 Å². The number of anilines is 2. The standard InChI is InChI=1S/C13H14N4OS/c1-2-17(9-4-3-5-10(18)8-9)13-15-7-6-11(16-13)12(14)19/h3-8,18H,2H2,1H3,(H2,14,19). The van der Waals surface area contributed by atoms with Crippen molar-refractivity contribution in [2.75, 3.05) is 11.4 Å². The lowest BCUT2D eigenvalue weighted by molar-refractivity contribution is 0.475. The molecule has 0 saturated heterocycles. The van der Waals surface area contributed by atoms with E-state index in [9.17, 15) is 5.11 Å². The van der Waals surface area contributed by atoms with E-state index in [1.165, 1.54) is 0 Å². The average molecular weight is 274 g/mol. The van der Waals surface area contributed by atoms with Crippen molar-refractivity contribution in [1.29, 1.82) is 0 Å². The first kappa shape index (κ1) is 13.2. The van der Waals surface area contributed by atoms with Crippen LogP contribution in [0.25, 0.3) is 0 Å². The Hall–Kier alpha value is -2.21. The van der Waals surface area contributed by atoms with E-state index in [-0.39, 0.29) is 10.7 Å². The monoisotopic (exact) mass is 274 g/mol. The SMILES string of the molecule is CCN(c1cccc(O)c1)c1nccc(C(N)=S)n1. The zero-order valence-corrected chi connectivity index (χ0v) is 11.3. The Balaban J connectivity index is 2.42. The number of aromatic nitrogens is 2. The van der Waals surface area contributed by atoms with E-state index in [1.54, 1.807) is 30.5 Å². The van der Waals surface area contributed by atoms with Crippen LogP contribution in [0.3, 0.4) is 0 Å². The Bertz CT molecular complexity index is 603. The number of hydrogen-bond donors (Lipinski definition) is 2. The minimum Gasteiger partial charge on any atom is -0.508 e. The molecule has 0 aliphatic carbocycles. The van der Waals surface area contributed by atoms with Gasteiger partial charge < -0.3 is 15.7 Å². The molecule has 6 heteroatoms. The molecule has 0 saturated carbocycles. The lowest BCUT2D eigenvalue weighted by Gasteiger charge is -2.21. The second kappa shape index (κ2) is 5.62. The molecule has 98 valence electrons. The normalized spacial score (nSPS) is 10.2. The molecular formula is C13H14N4OS. The number of nitrogens with two attached hydrogens (primary N) is 1. The van der Waals surface area contributed by atoms with E-state index in [2.05, 4.69) is 9.97 Å². The topological polar surface area (TPSA) is 75.3 Å². The van der Waals surface area contributed by atoms with E-state index < -0.39 is 0 Å². The molecule has 0 aliphatic heterocycles. The van der Waals surface area contributed by atoms with E-state index in [0.29, 0.717) is 18.2 Å². The fourth-order valence-corrected chi connectivity index (χ4v) is 1.83. The third kappa shape index (κ3) is 2.97. The van der Waals surface area contributed by atoms with Crippen LogP contribution in [0.2, 0.25) is 0 Å². The Labute approximate surface area is 116 Å². The summed E-state index contributed by atoms with van der Waals surface area (Å²) in [7, 11) is 0. The van der Waals surface area contributed by atoms with Crippen molar-refractivity contribution in [2.45, 2.75) is 6.92 Å². The predicted molar refractivity (Wildman–Crippen MR) is 78.7 cm³/mol. The van der Waals surface area contributed by atoms with Crippen molar-refractivity contribution in [3.63, 3.8) is 0 Å². The largest absolute Gasteiger partial charge is 0.508 e. The Kier molecular flexibility index (Phi) is 3.91. The van der Waals surface area contributed by atoms with Crippen LogP contribution in [0.1, 0.15) is 12.6 Å². The highest BCUT2D eigenvalue weighted by molar-refractivity contribution is 7.80. The van der Waals surface area contributed by atoms with Gasteiger partial charge in [-0.3, -0.25) is 0 Å². The molecule has 1 aromatic carbocycles. The highest BCUT2D eigenvalue weighted by Crippen LogP contribution is 2.24. The summed E-state index contributed by atoms with van der Waals surface area (Å²) >= 11 is 4.91. The average Bonchev–Trinajstić information content (AvgIpc) is 2.40. The predicted octanol–water partition coefficient (Wildman–Crippen LogP) is 1.97. The van der Waals surface area contributed by atoms with Crippen LogP contribution in [0, 0.1) is 0 Å². The van der Waals surface area contributed by atoms with Crippen molar-refractivity contribution < 1.29 is 5.11 Å². The van der Waals surface area contributed by atoms with Gasteiger partial charge in [0.1, 0.15) is 16.4 Å². The molecule has 2 rings (SSSR count). The number of aromatic hydroxyl groups is 1. The third-order valence-corrected chi connectivity index (χ3v) is 2.80. The third-order valence-electron chi connectivity index (χ3n) is 2.59. The smallest absolute Gasteiger partial charge is 0.230 e. The summed E-state index contributed by atoms with van der Waals surface area (Å²) in [5, 5.41) is 9.54. The maximum atomic E-state index is 9.54. The van der Waals surface area contributed by atoms with Crippen molar-refractivity contribution in [2.24, 2.45) is 5.73 Å². The highest BCUT2D eigenvalue weighted by atomic mass is 32.1. The molecular weight excluding hydrogens is 260 g/mol. The zero-order chi connectivity index (χ0) is 13.8. The second-order valence-corrected chi connectivity index (χ2v) is 4.31. The summed E-state index contributed by atoms with van der Waals surface area (Å²) in [6.07, 6.45) is 1.61. The quantitative estimate of drug-likeness (QED) is 0.830. The van der Waals surface area contributed by atoms with Crippen LogP contribution in [0.4, 0.5) is 11.6 Å². The lowest BCUT2D eigenvalue weighted by Crippen LogP contribution is -2.21. The molecule has 5 nitrogen and oxygen atoms in total. The van der Waals surface area contributed by atoms with Gasteiger partial charge in [0, 0.05) is 24.5 Å². The molecule has 2 aromatic rings. The molecule has 0 aliphatic rings. The first-order chi connectivity index (χ1) is 9.11. The molecule has 0 atom stereocenters. The van der Waals surface area contributed by atoms with Gasteiger partial charge >= 0.3 is 0 Å². The number of phenolic OH excluding ortho intramolecular Hbond substituents is 1. The minimum atomic E-state index is 0.196. The fourth-order valence-electron chi connectivity index (χ4n) is 1.72. The molecule has 0 fully saturated rings. The van der Waals surface area contributed by atoms with Gasteiger partial charge in [-0.2, -0.15) is 0 Å². The molecule has 3 N–H and O–H groups in total. The van der Waals surface area contributed by atoms with Crippen LogP contribution < -0.4 is 10.6 Å². The van der Waals surface area contributed by atoms with Gasteiger partial charge in [-0.25, -0.2) is 9.97 Å². The number of nitrogens with zero attached hydrogens (tertiary/aromatic N) is 3. The summed E-state index contributed by atoms with van der Waals surface area (Å²) in [6, 6.07) is 8.58. The van der Waals surface area contributed by atoms with Gasteiger partial charge in [-0.05, 0) is 25.1 Å². The van der Waals surface area contributed by atoms with E-state index in [0.717, 1.165) is 5.69 Å². The van der Waals surface area contributed by atoms with Crippen LogP contribution in [0.5, 0.6) is 5.75 Å². The number of benzene rings is 1. The van der Waals surface area contributed by atoms with E-state index in [1.807, 2.05) is 17.9 Å². The number of phenols is 1. The van der Waals surface area contributed by atoms with Crippen molar-refractivity contribution in [3.05, 3.63) is 42.2 Å². The van der Waals surface area contributed by atoms with Gasteiger partial charge in [0.2, 0.25) is 5.95 Å². The van der Waals surface area contributed by atoms with Crippen molar-refractivity contribution in [1.82, 2.24) is 9.97 Å². The van der Waals surface area contributed by atoms with Crippen LogP contribution in [-0.4, -0.2) is 26.6 Å². The summed E-state index contributed by atoms with van der Waals surface area (Å²) in [4.78, 5) is 10.6. The molecule has 0 bridgehead atoms. The van der Waals surface area contributed by atoms with Gasteiger partial charge in [0.25, 0.3) is 0 Å². The minimum absolute atomic E-state index is 0.196. The molecule has 1 heterocycles. The van der Waals surface area contributed by atoms with E-state index >= 15 is 0 Å². The summed E-state index contributed by atoms with van der Waals surface area (Å²) in [5.74, 6) is 0.694. The van der Waals surface area contributed by atoms with Crippen molar-refractivity contribution >= 4 is 28.8 Å². The molecule has 0 spiro atoms. The zero-order valence-electron chi connectivity index (χ0n) is 10.4. The first-order valence-corrected chi connectivity index (χ1v) is 6.22. The molecule has 0 unspecified atom stereocenters. The summed E-state index contributed by atoms with van der Waals surface area (Å²) in [5.41, 5.74) is 6.90. The summed E-state index contributed by atoms with van der Waals surface area (Å²) < 4.78 is 0. The molecule has 0 radical (unpaired) electrons. The molecule has 0 amide bonds. The first-order valence-electron chi connectivity index (χ1n) is 5.81. The maximum absolute atomic E-state index is 9.54. The van der Waals surface area contributed by atoms with Gasteiger partial charge in [-0.15, -0.1) is 0 Å². The van der Waals surface area contributed by atoms with Gasteiger partial charge in [0.15, 0.2) is 0 Å². The van der Waals surface area contributed by atoms with Crippen LogP contribution >= 0.6 is 12.2 Å². The Morgan fingerprint density at radius 2 is 2.21 bits per heavy atom. The van der Waals surface area contributed by atoms with Crippen molar-refractivity contribution in [3.8, 4) is 5.75 Å². The number of rotatable bonds is 4. The van der Waals surface area contributed by atoms with Gasteiger partial charge in [-0.1, -0.05) is 18.3 Å². The van der Waals surface area contributed by atoms with Crippen LogP contribution in [-0.2, 0) is 0 Å². The Morgan fingerprint density at radius 1 is 1.42 bits per heavy atom. The second-order valence-electron chi connectivity index (χ2n) is 3.87. The Morgan fingerprint density at radius 3 is 2.84 bits per heavy atom. The van der Waals surface area contributed by atoms with E-state index in [4.69, 9.17) is 18.0 Å². The lowest BCUT2D eigenvalue weighted by atomic mass is 10.2. The summed E-state index contributed by atoms with van der Waals surface area (Å²) in [6.45, 7) is 2.63. The highest BCUT2D eigenvalue weighted by Gasteiger charge is 2.11. The molecule has 19 heavy (non-hydrogen) atoms. The number of thiocarbonyl (C=S) groups is 1. The molecule has 1 aromatic heterocycles. The van der Waals surface area contributed by atoms with Gasteiger partial charge in [0.05, 0.1) is 0 Å². The fraction of sp³-hybridized carbons (Fsp3) is 0.154. The maximum Gasteiger partial charge on any atom is 0.230 e.